The average Bonchev–Trinajstić information content (AvgIpc) is 3.11. The normalized spacial score (nSPS) is 12.2. The average molecular weight is 623 g/mol. The van der Waals surface area contributed by atoms with Crippen LogP contribution in [0.4, 0.5) is 0 Å². The molecule has 2 atom stereocenters. The van der Waals surface area contributed by atoms with Gasteiger partial charge in [-0.1, -0.05) is 89.1 Å². The van der Waals surface area contributed by atoms with E-state index in [1.165, 1.54) is 0 Å². The van der Waals surface area contributed by atoms with E-state index < -0.39 is 0 Å². The van der Waals surface area contributed by atoms with Crippen LogP contribution in [-0.2, 0) is 9.47 Å². The second kappa shape index (κ2) is 17.8. The molecule has 0 spiro atoms. The van der Waals surface area contributed by atoms with Gasteiger partial charge < -0.3 is 18.9 Å². The molecule has 4 rings (SSSR count). The van der Waals surface area contributed by atoms with Gasteiger partial charge in [0.1, 0.15) is 11.5 Å². The van der Waals surface area contributed by atoms with Crippen molar-refractivity contribution < 1.29 is 28.5 Å². The molecule has 0 heterocycles. The predicted molar refractivity (Wildman–Crippen MR) is 183 cm³/mol. The lowest BCUT2D eigenvalue weighted by atomic mass is 10.0. The smallest absolute Gasteiger partial charge is 0.338 e. The van der Waals surface area contributed by atoms with Crippen LogP contribution in [0.25, 0.3) is 22.3 Å². The molecule has 0 aliphatic rings. The molecule has 0 saturated heterocycles. The molecule has 4 aromatic rings. The summed E-state index contributed by atoms with van der Waals surface area (Å²) >= 11 is 0. The Morgan fingerprint density at radius 3 is 1.11 bits per heavy atom. The molecule has 6 heteroatoms. The van der Waals surface area contributed by atoms with Crippen LogP contribution in [0.3, 0.4) is 0 Å². The minimum absolute atomic E-state index is 0.256. The fourth-order valence-corrected chi connectivity index (χ4v) is 4.50. The van der Waals surface area contributed by atoms with Crippen molar-refractivity contribution in [1.29, 1.82) is 0 Å². The maximum absolute atomic E-state index is 12.5. The first-order valence-electron chi connectivity index (χ1n) is 16.4. The lowest BCUT2D eigenvalue weighted by Crippen LogP contribution is -2.09. The topological polar surface area (TPSA) is 71.1 Å². The summed E-state index contributed by atoms with van der Waals surface area (Å²) in [6.07, 6.45) is 3.37. The van der Waals surface area contributed by atoms with E-state index in [0.29, 0.717) is 49.0 Å². The second-order valence-corrected chi connectivity index (χ2v) is 11.8. The van der Waals surface area contributed by atoms with Crippen molar-refractivity contribution in [2.24, 2.45) is 11.8 Å². The molecule has 0 fully saturated rings. The van der Waals surface area contributed by atoms with Gasteiger partial charge in [-0.05, 0) is 95.5 Å². The van der Waals surface area contributed by atoms with Crippen molar-refractivity contribution in [1.82, 2.24) is 0 Å². The standard InChI is InChI=1S/C40H46O6/c1-5-29(3)27-45-37-21-17-33(18-22-37)31-9-13-35(14-10-31)39(41)43-25-7-8-26-44-40(42)36-15-11-32(12-16-36)34-19-23-38(24-20-34)46-28-30(4)6-2/h9-24,29-30H,5-8,25-28H2,1-4H3. The van der Waals surface area contributed by atoms with E-state index in [4.69, 9.17) is 18.9 Å². The van der Waals surface area contributed by atoms with E-state index in [-0.39, 0.29) is 25.2 Å². The van der Waals surface area contributed by atoms with E-state index in [0.717, 1.165) is 46.6 Å². The highest BCUT2D eigenvalue weighted by molar-refractivity contribution is 5.90. The first-order valence-corrected chi connectivity index (χ1v) is 16.4. The molecular weight excluding hydrogens is 576 g/mol. The number of carbonyl (C=O) groups excluding carboxylic acids is 2. The van der Waals surface area contributed by atoms with Crippen molar-refractivity contribution in [3.63, 3.8) is 0 Å². The van der Waals surface area contributed by atoms with Crippen LogP contribution in [0.2, 0.25) is 0 Å². The number of hydrogen-bond donors (Lipinski definition) is 0. The lowest BCUT2D eigenvalue weighted by molar-refractivity contribution is 0.0432. The first kappa shape index (κ1) is 34.3. The molecule has 0 aliphatic heterocycles. The van der Waals surface area contributed by atoms with E-state index in [1.54, 1.807) is 24.3 Å². The third-order valence-electron chi connectivity index (χ3n) is 8.08. The minimum atomic E-state index is -0.370. The zero-order valence-corrected chi connectivity index (χ0v) is 27.5. The SMILES string of the molecule is CCC(C)COc1ccc(-c2ccc(C(=O)OCCCCOC(=O)c3ccc(-c4ccc(OCC(C)CC)cc4)cc3)cc2)cc1. The molecule has 0 N–H and O–H groups in total. The number of rotatable bonds is 17. The fraction of sp³-hybridized carbons (Fsp3) is 0.350. The largest absolute Gasteiger partial charge is 0.493 e. The Morgan fingerprint density at radius 2 is 0.804 bits per heavy atom. The summed E-state index contributed by atoms with van der Waals surface area (Å²) in [5.74, 6) is 2.02. The van der Waals surface area contributed by atoms with Crippen LogP contribution < -0.4 is 9.47 Å². The Labute approximate surface area is 273 Å². The molecule has 0 radical (unpaired) electrons. The van der Waals surface area contributed by atoms with Crippen molar-refractivity contribution in [3.05, 3.63) is 108 Å². The summed E-state index contributed by atoms with van der Waals surface area (Å²) in [4.78, 5) is 25.0. The van der Waals surface area contributed by atoms with E-state index in [9.17, 15) is 9.59 Å². The molecule has 0 amide bonds. The van der Waals surface area contributed by atoms with Crippen LogP contribution in [-0.4, -0.2) is 38.4 Å². The van der Waals surface area contributed by atoms with Crippen molar-refractivity contribution in [2.75, 3.05) is 26.4 Å². The Kier molecular flexibility index (Phi) is 13.3. The van der Waals surface area contributed by atoms with Crippen molar-refractivity contribution in [3.8, 4) is 33.8 Å². The van der Waals surface area contributed by atoms with Gasteiger partial charge in [0.15, 0.2) is 0 Å². The summed E-state index contributed by atoms with van der Waals surface area (Å²) in [5.41, 5.74) is 5.12. The highest BCUT2D eigenvalue weighted by Gasteiger charge is 2.10. The summed E-state index contributed by atoms with van der Waals surface area (Å²) in [6.45, 7) is 10.6. The number of hydrogen-bond acceptors (Lipinski definition) is 6. The van der Waals surface area contributed by atoms with Crippen molar-refractivity contribution >= 4 is 11.9 Å². The van der Waals surface area contributed by atoms with Gasteiger partial charge in [-0.15, -0.1) is 0 Å². The summed E-state index contributed by atoms with van der Waals surface area (Å²) in [7, 11) is 0. The van der Waals surface area contributed by atoms with Gasteiger partial charge in [-0.2, -0.15) is 0 Å². The van der Waals surface area contributed by atoms with Gasteiger partial charge in [0.2, 0.25) is 0 Å². The van der Waals surface area contributed by atoms with Gasteiger partial charge in [0, 0.05) is 0 Å². The van der Waals surface area contributed by atoms with Gasteiger partial charge in [0.05, 0.1) is 37.6 Å². The molecule has 6 nitrogen and oxygen atoms in total. The number of ether oxygens (including phenoxy) is 4. The first-order chi connectivity index (χ1) is 22.4. The Balaban J connectivity index is 1.13. The molecule has 4 aromatic carbocycles. The van der Waals surface area contributed by atoms with E-state index in [1.807, 2.05) is 72.8 Å². The zero-order valence-electron chi connectivity index (χ0n) is 27.5. The Hall–Kier alpha value is -4.58. The minimum Gasteiger partial charge on any atom is -0.493 e. The highest BCUT2D eigenvalue weighted by atomic mass is 16.5. The molecule has 0 aliphatic carbocycles. The van der Waals surface area contributed by atoms with Crippen LogP contribution in [0.1, 0.15) is 74.1 Å². The number of unbranched alkanes of at least 4 members (excludes halogenated alkanes) is 1. The molecule has 0 saturated carbocycles. The number of esters is 2. The monoisotopic (exact) mass is 622 g/mol. The fourth-order valence-electron chi connectivity index (χ4n) is 4.50. The molecule has 242 valence electrons. The van der Waals surface area contributed by atoms with Gasteiger partial charge in [0.25, 0.3) is 0 Å². The van der Waals surface area contributed by atoms with E-state index in [2.05, 4.69) is 27.7 Å². The van der Waals surface area contributed by atoms with Crippen LogP contribution in [0.5, 0.6) is 11.5 Å². The number of benzene rings is 4. The molecular formula is C40H46O6. The summed E-state index contributed by atoms with van der Waals surface area (Å²) in [6, 6.07) is 30.7. The van der Waals surface area contributed by atoms with Gasteiger partial charge in [-0.3, -0.25) is 0 Å². The van der Waals surface area contributed by atoms with Gasteiger partial charge in [-0.25, -0.2) is 9.59 Å². The maximum Gasteiger partial charge on any atom is 0.338 e. The molecule has 46 heavy (non-hydrogen) atoms. The quantitative estimate of drug-likeness (QED) is 0.0863. The van der Waals surface area contributed by atoms with Crippen LogP contribution in [0, 0.1) is 11.8 Å². The zero-order chi connectivity index (χ0) is 32.7. The lowest BCUT2D eigenvalue weighted by Gasteiger charge is -2.11. The number of carbonyl (C=O) groups is 2. The Morgan fingerprint density at radius 1 is 0.500 bits per heavy atom. The summed E-state index contributed by atoms with van der Waals surface area (Å²) < 4.78 is 22.5. The third kappa shape index (κ3) is 10.5. The van der Waals surface area contributed by atoms with Gasteiger partial charge >= 0.3 is 11.9 Å². The maximum atomic E-state index is 12.5. The van der Waals surface area contributed by atoms with Crippen LogP contribution in [0.15, 0.2) is 97.1 Å². The predicted octanol–water partition coefficient (Wildman–Crippen LogP) is 9.66. The molecule has 0 aromatic heterocycles. The summed E-state index contributed by atoms with van der Waals surface area (Å²) in [5, 5.41) is 0. The Bertz CT molecular complexity index is 1370. The van der Waals surface area contributed by atoms with Crippen LogP contribution >= 0.6 is 0 Å². The molecule has 0 bridgehead atoms. The second-order valence-electron chi connectivity index (χ2n) is 11.8. The highest BCUT2D eigenvalue weighted by Crippen LogP contribution is 2.25. The van der Waals surface area contributed by atoms with Crippen molar-refractivity contribution in [2.45, 2.75) is 53.4 Å². The van der Waals surface area contributed by atoms with E-state index >= 15 is 0 Å². The molecule has 2 unspecified atom stereocenters. The third-order valence-corrected chi connectivity index (χ3v) is 8.08.